The second-order valence-corrected chi connectivity index (χ2v) is 8.24. The molecule has 0 spiro atoms. The fraction of sp³-hybridized carbons (Fsp3) is 0.333. The number of nitrogens with zero attached hydrogens (tertiary/aromatic N) is 1. The average Bonchev–Trinajstić information content (AvgIpc) is 2.98. The van der Waals surface area contributed by atoms with Crippen LogP contribution in [0.4, 0.5) is 13.2 Å². The predicted octanol–water partition coefficient (Wildman–Crippen LogP) is 6.34. The minimum Gasteiger partial charge on any atom is -0.320 e. The molecule has 0 amide bonds. The topological polar surface area (TPSA) is 17.0 Å². The van der Waals surface area contributed by atoms with E-state index < -0.39 is 11.7 Å². The first-order valence-corrected chi connectivity index (χ1v) is 10.1. The lowest BCUT2D eigenvalue weighted by molar-refractivity contribution is -0.137. The SMILES string of the molecule is Cc1ccc2c(c1)c1c(n2/C=C/c2cccc(C(F)(F)F)c2)CC2CCC[C@@H]1N2. The number of nitrogens with one attached hydrogen (secondary N) is 1. The van der Waals surface area contributed by atoms with Crippen molar-refractivity contribution in [1.29, 1.82) is 0 Å². The van der Waals surface area contributed by atoms with Gasteiger partial charge in [-0.1, -0.05) is 23.8 Å². The predicted molar refractivity (Wildman–Crippen MR) is 111 cm³/mol. The Morgan fingerprint density at radius 2 is 1.97 bits per heavy atom. The van der Waals surface area contributed by atoms with Crippen molar-refractivity contribution in [2.24, 2.45) is 0 Å². The van der Waals surface area contributed by atoms with E-state index >= 15 is 0 Å². The van der Waals surface area contributed by atoms with E-state index in [1.165, 1.54) is 47.2 Å². The van der Waals surface area contributed by atoms with Gasteiger partial charge in [-0.05, 0) is 67.7 Å². The molecule has 2 aliphatic heterocycles. The number of piperidine rings is 1. The lowest BCUT2D eigenvalue weighted by Crippen LogP contribution is -2.42. The van der Waals surface area contributed by atoms with Gasteiger partial charge in [0.1, 0.15) is 0 Å². The maximum absolute atomic E-state index is 13.0. The molecule has 1 saturated heterocycles. The molecule has 3 heterocycles. The molecule has 2 nitrogen and oxygen atoms in total. The largest absolute Gasteiger partial charge is 0.416 e. The number of benzene rings is 2. The standard InChI is InChI=1S/C24H23F3N2/c1-15-8-9-21-19(12-15)23-20-7-3-6-18(28-20)14-22(23)29(21)11-10-16-4-2-5-17(13-16)24(25,26)27/h2,4-5,8-13,18,20,28H,3,6-7,14H2,1H3/b11-10+/t18?,20-/m0/s1. The van der Waals surface area contributed by atoms with Crippen LogP contribution in [0.2, 0.25) is 0 Å². The Balaban J connectivity index is 1.63. The van der Waals surface area contributed by atoms with E-state index in [4.69, 9.17) is 0 Å². The van der Waals surface area contributed by atoms with Crippen molar-refractivity contribution in [3.8, 4) is 0 Å². The molecule has 0 saturated carbocycles. The summed E-state index contributed by atoms with van der Waals surface area (Å²) in [4.78, 5) is 0. The van der Waals surface area contributed by atoms with Gasteiger partial charge in [-0.25, -0.2) is 0 Å². The number of rotatable bonds is 2. The molecule has 2 bridgehead atoms. The number of aryl methyl sites for hydroxylation is 1. The summed E-state index contributed by atoms with van der Waals surface area (Å²) in [7, 11) is 0. The van der Waals surface area contributed by atoms with Gasteiger partial charge in [0, 0.05) is 35.8 Å². The number of alkyl halides is 3. The molecule has 1 N–H and O–H groups in total. The van der Waals surface area contributed by atoms with E-state index in [-0.39, 0.29) is 0 Å². The number of halogens is 3. The molecule has 1 unspecified atom stereocenters. The van der Waals surface area contributed by atoms with Gasteiger partial charge >= 0.3 is 6.18 Å². The number of hydrogen-bond donors (Lipinski definition) is 1. The van der Waals surface area contributed by atoms with Crippen molar-refractivity contribution >= 4 is 23.2 Å². The van der Waals surface area contributed by atoms with Gasteiger partial charge in [0.05, 0.1) is 11.1 Å². The number of fused-ring (bicyclic) bond motifs is 6. The van der Waals surface area contributed by atoms with Gasteiger partial charge in [0.15, 0.2) is 0 Å². The van der Waals surface area contributed by atoms with Crippen LogP contribution in [0.3, 0.4) is 0 Å². The van der Waals surface area contributed by atoms with Crippen LogP contribution in [0.15, 0.2) is 42.5 Å². The van der Waals surface area contributed by atoms with Crippen LogP contribution in [0, 0.1) is 6.92 Å². The highest BCUT2D eigenvalue weighted by molar-refractivity contribution is 5.90. The molecule has 0 radical (unpaired) electrons. The minimum absolute atomic E-state index is 0.366. The van der Waals surface area contributed by atoms with Crippen LogP contribution in [0.1, 0.15) is 53.3 Å². The molecule has 1 aromatic heterocycles. The van der Waals surface area contributed by atoms with Crippen LogP contribution in [-0.4, -0.2) is 10.6 Å². The maximum Gasteiger partial charge on any atom is 0.416 e. The second kappa shape index (κ2) is 6.77. The number of aromatic nitrogens is 1. The van der Waals surface area contributed by atoms with Crippen molar-refractivity contribution < 1.29 is 13.2 Å². The average molecular weight is 396 g/mol. The van der Waals surface area contributed by atoms with Crippen LogP contribution in [0.5, 0.6) is 0 Å². The summed E-state index contributed by atoms with van der Waals surface area (Å²) in [5.41, 5.74) is 4.94. The third kappa shape index (κ3) is 3.27. The highest BCUT2D eigenvalue weighted by atomic mass is 19.4. The van der Waals surface area contributed by atoms with E-state index in [0.29, 0.717) is 17.6 Å². The normalized spacial score (nSPS) is 21.7. The fourth-order valence-corrected chi connectivity index (χ4v) is 4.89. The van der Waals surface area contributed by atoms with Gasteiger partial charge in [-0.3, -0.25) is 0 Å². The maximum atomic E-state index is 13.0. The molecule has 5 rings (SSSR count). The smallest absolute Gasteiger partial charge is 0.320 e. The summed E-state index contributed by atoms with van der Waals surface area (Å²) in [5, 5.41) is 5.03. The van der Waals surface area contributed by atoms with Gasteiger partial charge in [-0.15, -0.1) is 0 Å². The zero-order chi connectivity index (χ0) is 20.2. The van der Waals surface area contributed by atoms with Crippen molar-refractivity contribution in [2.75, 3.05) is 0 Å². The van der Waals surface area contributed by atoms with Crippen LogP contribution >= 0.6 is 0 Å². The molecule has 0 aliphatic carbocycles. The summed E-state index contributed by atoms with van der Waals surface area (Å²) in [6, 6.07) is 12.8. The van der Waals surface area contributed by atoms with E-state index in [0.717, 1.165) is 24.4 Å². The zero-order valence-electron chi connectivity index (χ0n) is 16.3. The van der Waals surface area contributed by atoms with Crippen LogP contribution in [0.25, 0.3) is 23.2 Å². The minimum atomic E-state index is -4.33. The Bertz CT molecular complexity index is 1110. The van der Waals surface area contributed by atoms with Crippen molar-refractivity contribution in [3.63, 3.8) is 0 Å². The Labute approximate surface area is 168 Å². The van der Waals surface area contributed by atoms with Gasteiger partial charge in [0.25, 0.3) is 0 Å². The Hall–Kier alpha value is -2.53. The van der Waals surface area contributed by atoms with Crippen LogP contribution in [-0.2, 0) is 12.6 Å². The quantitative estimate of drug-likeness (QED) is 0.535. The number of hydrogen-bond acceptors (Lipinski definition) is 1. The van der Waals surface area contributed by atoms with Gasteiger partial charge < -0.3 is 9.88 Å². The van der Waals surface area contributed by atoms with E-state index in [9.17, 15) is 13.2 Å². The molecule has 150 valence electrons. The molecule has 2 atom stereocenters. The molecule has 2 aromatic carbocycles. The fourth-order valence-electron chi connectivity index (χ4n) is 4.89. The molecular formula is C24H23F3N2. The lowest BCUT2D eigenvalue weighted by atomic mass is 9.84. The third-order valence-corrected chi connectivity index (χ3v) is 6.20. The Kier molecular flexibility index (Phi) is 4.32. The van der Waals surface area contributed by atoms with E-state index in [1.54, 1.807) is 12.1 Å². The highest BCUT2D eigenvalue weighted by Gasteiger charge is 2.34. The summed E-state index contributed by atoms with van der Waals surface area (Å²) in [5.74, 6) is 0. The molecular weight excluding hydrogens is 373 g/mol. The first-order valence-electron chi connectivity index (χ1n) is 10.1. The first kappa shape index (κ1) is 18.5. The molecule has 29 heavy (non-hydrogen) atoms. The summed E-state index contributed by atoms with van der Waals surface area (Å²) in [6.45, 7) is 2.10. The molecule has 5 heteroatoms. The van der Waals surface area contributed by atoms with Gasteiger partial charge in [0.2, 0.25) is 0 Å². The summed E-state index contributed by atoms with van der Waals surface area (Å²) in [6.07, 6.45) is 3.89. The van der Waals surface area contributed by atoms with Crippen molar-refractivity contribution in [1.82, 2.24) is 9.88 Å². The zero-order valence-corrected chi connectivity index (χ0v) is 16.3. The second-order valence-electron chi connectivity index (χ2n) is 8.24. The van der Waals surface area contributed by atoms with Crippen molar-refractivity contribution in [2.45, 2.75) is 50.9 Å². The summed E-state index contributed by atoms with van der Waals surface area (Å²) < 4.78 is 41.3. The Morgan fingerprint density at radius 3 is 2.79 bits per heavy atom. The highest BCUT2D eigenvalue weighted by Crippen LogP contribution is 2.41. The third-order valence-electron chi connectivity index (χ3n) is 6.20. The van der Waals surface area contributed by atoms with E-state index in [2.05, 4.69) is 35.0 Å². The molecule has 3 aromatic rings. The Morgan fingerprint density at radius 1 is 1.10 bits per heavy atom. The molecule has 2 aliphatic rings. The lowest BCUT2D eigenvalue weighted by Gasteiger charge is -2.36. The van der Waals surface area contributed by atoms with E-state index in [1.807, 2.05) is 6.20 Å². The van der Waals surface area contributed by atoms with Crippen molar-refractivity contribution in [3.05, 3.63) is 70.4 Å². The monoisotopic (exact) mass is 396 g/mol. The van der Waals surface area contributed by atoms with Crippen LogP contribution < -0.4 is 5.32 Å². The summed E-state index contributed by atoms with van der Waals surface area (Å²) >= 11 is 0. The first-order chi connectivity index (χ1) is 13.9. The molecule has 1 fully saturated rings. The van der Waals surface area contributed by atoms with Gasteiger partial charge in [-0.2, -0.15) is 13.2 Å².